The van der Waals surface area contributed by atoms with Crippen LogP contribution in [-0.4, -0.2) is 36.7 Å². The van der Waals surface area contributed by atoms with Crippen molar-refractivity contribution in [1.82, 2.24) is 10.2 Å². The van der Waals surface area contributed by atoms with Crippen LogP contribution in [0, 0.1) is 0 Å². The zero-order valence-corrected chi connectivity index (χ0v) is 12.6. The van der Waals surface area contributed by atoms with Crippen LogP contribution in [0.1, 0.15) is 38.2 Å². The minimum absolute atomic E-state index is 0.741. The number of nitrogens with one attached hydrogen (secondary N) is 1. The molecular formula is C17H26N2O. The number of nitrogens with zero attached hydrogens (tertiary/aromatic N) is 1. The first-order valence-corrected chi connectivity index (χ1v) is 7.91. The van der Waals surface area contributed by atoms with Crippen molar-refractivity contribution in [2.45, 2.75) is 57.3 Å². The maximum atomic E-state index is 5.33. The van der Waals surface area contributed by atoms with Gasteiger partial charge in [-0.15, -0.1) is 0 Å². The zero-order valence-electron chi connectivity index (χ0n) is 12.6. The first-order chi connectivity index (χ1) is 9.78. The van der Waals surface area contributed by atoms with E-state index >= 15 is 0 Å². The maximum absolute atomic E-state index is 5.33. The molecule has 0 saturated carbocycles. The molecule has 3 nitrogen and oxygen atoms in total. The predicted molar refractivity (Wildman–Crippen MR) is 82.0 cm³/mol. The molecule has 3 heteroatoms. The largest absolute Gasteiger partial charge is 0.497 e. The van der Waals surface area contributed by atoms with Gasteiger partial charge < -0.3 is 10.1 Å². The molecule has 0 aliphatic carbocycles. The molecule has 3 rings (SSSR count). The van der Waals surface area contributed by atoms with Crippen LogP contribution in [0.4, 0.5) is 0 Å². The van der Waals surface area contributed by atoms with Crippen molar-refractivity contribution in [2.24, 2.45) is 0 Å². The van der Waals surface area contributed by atoms with Gasteiger partial charge >= 0.3 is 0 Å². The Labute approximate surface area is 122 Å². The number of benzene rings is 1. The van der Waals surface area contributed by atoms with Gasteiger partial charge in [-0.25, -0.2) is 0 Å². The molecule has 2 aliphatic rings. The topological polar surface area (TPSA) is 24.5 Å². The van der Waals surface area contributed by atoms with Crippen molar-refractivity contribution < 1.29 is 4.74 Å². The standard InChI is InChI=1S/C17H26N2O/c1-3-19(12-13-5-4-6-17(9-13)20-2)16-10-14-7-8-15(11-16)18-14/h4-6,9,14-16,18H,3,7-8,10-12H2,1-2H3. The molecule has 0 spiro atoms. The minimum Gasteiger partial charge on any atom is -0.497 e. The Morgan fingerprint density at radius 3 is 2.65 bits per heavy atom. The average Bonchev–Trinajstić information content (AvgIpc) is 2.83. The van der Waals surface area contributed by atoms with Crippen LogP contribution < -0.4 is 10.1 Å². The van der Waals surface area contributed by atoms with E-state index in [0.717, 1.165) is 37.0 Å². The Morgan fingerprint density at radius 2 is 2.00 bits per heavy atom. The summed E-state index contributed by atoms with van der Waals surface area (Å²) in [6.07, 6.45) is 5.37. The fraction of sp³-hybridized carbons (Fsp3) is 0.647. The van der Waals surface area contributed by atoms with E-state index in [1.807, 2.05) is 6.07 Å². The molecule has 2 bridgehead atoms. The van der Waals surface area contributed by atoms with E-state index in [1.54, 1.807) is 7.11 Å². The molecule has 0 radical (unpaired) electrons. The van der Waals surface area contributed by atoms with Crippen molar-refractivity contribution in [3.05, 3.63) is 29.8 Å². The summed E-state index contributed by atoms with van der Waals surface area (Å²) in [5.74, 6) is 0.962. The molecule has 2 atom stereocenters. The van der Waals surface area contributed by atoms with E-state index in [9.17, 15) is 0 Å². The van der Waals surface area contributed by atoms with Gasteiger partial charge in [0.05, 0.1) is 7.11 Å². The molecule has 20 heavy (non-hydrogen) atoms. The fourth-order valence-electron chi connectivity index (χ4n) is 3.83. The Bertz CT molecular complexity index is 436. The predicted octanol–water partition coefficient (Wildman–Crippen LogP) is 2.80. The van der Waals surface area contributed by atoms with Crippen molar-refractivity contribution in [1.29, 1.82) is 0 Å². The molecular weight excluding hydrogens is 248 g/mol. The van der Waals surface area contributed by atoms with Gasteiger partial charge in [-0.3, -0.25) is 4.90 Å². The number of piperidine rings is 1. The highest BCUT2D eigenvalue weighted by atomic mass is 16.5. The lowest BCUT2D eigenvalue weighted by molar-refractivity contribution is 0.140. The highest BCUT2D eigenvalue weighted by molar-refractivity contribution is 5.28. The normalized spacial score (nSPS) is 28.9. The number of rotatable bonds is 5. The summed E-state index contributed by atoms with van der Waals surface area (Å²) in [4.78, 5) is 2.64. The number of fused-ring (bicyclic) bond motifs is 2. The molecule has 2 fully saturated rings. The minimum atomic E-state index is 0.741. The second-order valence-corrected chi connectivity index (χ2v) is 6.18. The summed E-state index contributed by atoms with van der Waals surface area (Å²) in [5, 5.41) is 3.73. The molecule has 1 aromatic carbocycles. The summed E-state index contributed by atoms with van der Waals surface area (Å²) < 4.78 is 5.33. The zero-order chi connectivity index (χ0) is 13.9. The summed E-state index contributed by atoms with van der Waals surface area (Å²) in [6, 6.07) is 10.7. The number of methoxy groups -OCH3 is 1. The maximum Gasteiger partial charge on any atom is 0.119 e. The molecule has 0 aromatic heterocycles. The molecule has 2 unspecified atom stereocenters. The fourth-order valence-corrected chi connectivity index (χ4v) is 3.83. The Kier molecular flexibility index (Phi) is 4.27. The van der Waals surface area contributed by atoms with Crippen molar-refractivity contribution in [3.63, 3.8) is 0 Å². The van der Waals surface area contributed by atoms with E-state index in [4.69, 9.17) is 4.74 Å². The first-order valence-electron chi connectivity index (χ1n) is 7.91. The number of ether oxygens (including phenoxy) is 1. The van der Waals surface area contributed by atoms with Gasteiger partial charge in [0.25, 0.3) is 0 Å². The third-order valence-corrected chi connectivity index (χ3v) is 4.89. The lowest BCUT2D eigenvalue weighted by Crippen LogP contribution is -2.47. The van der Waals surface area contributed by atoms with Gasteiger partial charge in [0.2, 0.25) is 0 Å². The van der Waals surface area contributed by atoms with Crippen LogP contribution in [0.5, 0.6) is 5.75 Å². The third-order valence-electron chi connectivity index (χ3n) is 4.89. The van der Waals surface area contributed by atoms with Gasteiger partial charge in [-0.05, 0) is 49.9 Å². The summed E-state index contributed by atoms with van der Waals surface area (Å²) in [7, 11) is 1.74. The SMILES string of the molecule is CCN(Cc1cccc(OC)c1)C1CC2CCC(C1)N2. The third kappa shape index (κ3) is 2.99. The van der Waals surface area contributed by atoms with Crippen LogP contribution >= 0.6 is 0 Å². The van der Waals surface area contributed by atoms with Crippen LogP contribution in [-0.2, 0) is 6.54 Å². The van der Waals surface area contributed by atoms with Crippen LogP contribution in [0.15, 0.2) is 24.3 Å². The second kappa shape index (κ2) is 6.15. The molecule has 1 aromatic rings. The van der Waals surface area contributed by atoms with Crippen molar-refractivity contribution in [2.75, 3.05) is 13.7 Å². The number of hydrogen-bond donors (Lipinski definition) is 1. The van der Waals surface area contributed by atoms with Gasteiger partial charge in [0.15, 0.2) is 0 Å². The van der Waals surface area contributed by atoms with E-state index in [0.29, 0.717) is 0 Å². The van der Waals surface area contributed by atoms with Crippen LogP contribution in [0.25, 0.3) is 0 Å². The quantitative estimate of drug-likeness (QED) is 0.893. The summed E-state index contributed by atoms with van der Waals surface area (Å²) in [5.41, 5.74) is 1.36. The van der Waals surface area contributed by atoms with E-state index in [2.05, 4.69) is 35.3 Å². The first kappa shape index (κ1) is 13.9. The van der Waals surface area contributed by atoms with Crippen molar-refractivity contribution in [3.8, 4) is 5.75 Å². The van der Waals surface area contributed by atoms with Gasteiger partial charge in [0.1, 0.15) is 5.75 Å². The molecule has 1 N–H and O–H groups in total. The lowest BCUT2D eigenvalue weighted by atomic mass is 9.97. The van der Waals surface area contributed by atoms with E-state index in [-0.39, 0.29) is 0 Å². The summed E-state index contributed by atoms with van der Waals surface area (Å²) in [6.45, 7) is 4.45. The second-order valence-electron chi connectivity index (χ2n) is 6.18. The van der Waals surface area contributed by atoms with Gasteiger partial charge in [-0.2, -0.15) is 0 Å². The smallest absolute Gasteiger partial charge is 0.119 e. The Balaban J connectivity index is 1.67. The molecule has 0 amide bonds. The van der Waals surface area contributed by atoms with Crippen LogP contribution in [0.2, 0.25) is 0 Å². The van der Waals surface area contributed by atoms with E-state index in [1.165, 1.54) is 31.2 Å². The molecule has 2 aliphatic heterocycles. The Hall–Kier alpha value is -1.06. The average molecular weight is 274 g/mol. The molecule has 110 valence electrons. The summed E-state index contributed by atoms with van der Waals surface area (Å²) >= 11 is 0. The van der Waals surface area contributed by atoms with Gasteiger partial charge in [0, 0.05) is 24.7 Å². The van der Waals surface area contributed by atoms with Crippen LogP contribution in [0.3, 0.4) is 0 Å². The number of hydrogen-bond acceptors (Lipinski definition) is 3. The Morgan fingerprint density at radius 1 is 1.25 bits per heavy atom. The molecule has 2 heterocycles. The lowest BCUT2D eigenvalue weighted by Gasteiger charge is -2.37. The van der Waals surface area contributed by atoms with Crippen molar-refractivity contribution >= 4 is 0 Å². The van der Waals surface area contributed by atoms with Gasteiger partial charge in [-0.1, -0.05) is 19.1 Å². The molecule has 2 saturated heterocycles. The highest BCUT2D eigenvalue weighted by Gasteiger charge is 2.35. The van der Waals surface area contributed by atoms with E-state index < -0.39 is 0 Å². The highest BCUT2D eigenvalue weighted by Crippen LogP contribution is 2.30. The monoisotopic (exact) mass is 274 g/mol.